The number of hydrogen-bond acceptors (Lipinski definition) is 3. The molecule has 0 aromatic carbocycles. The molecule has 0 heterocycles. The lowest BCUT2D eigenvalue weighted by molar-refractivity contribution is -0.296. The molecule has 0 aliphatic carbocycles. The molecule has 3 nitrogen and oxygen atoms in total. The molecule has 0 spiro atoms. The second kappa shape index (κ2) is 4.94. The van der Waals surface area contributed by atoms with Crippen molar-refractivity contribution in [3.63, 3.8) is 0 Å². The van der Waals surface area contributed by atoms with E-state index in [1.54, 1.807) is 6.92 Å². The topological polar surface area (TPSA) is 27.7 Å². The minimum atomic E-state index is -4.70. The quantitative estimate of drug-likeness (QED) is 0.662. The minimum Gasteiger partial charge on any atom is -0.377 e. The van der Waals surface area contributed by atoms with Gasteiger partial charge in [0.2, 0.25) is 0 Å². The van der Waals surface area contributed by atoms with Crippen LogP contribution in [0.3, 0.4) is 0 Å². The number of hydrogen-bond donors (Lipinski definition) is 0. The third kappa shape index (κ3) is 4.60. The van der Waals surface area contributed by atoms with E-state index in [1.807, 2.05) is 0 Å². The highest BCUT2D eigenvalue weighted by Crippen LogP contribution is 2.26. The van der Waals surface area contributed by atoms with Gasteiger partial charge in [-0.25, -0.2) is 0 Å². The lowest BCUT2D eigenvalue weighted by atomic mass is 10.9. The van der Waals surface area contributed by atoms with E-state index >= 15 is 0 Å². The number of rotatable bonds is 5. The van der Waals surface area contributed by atoms with Gasteiger partial charge in [-0.3, -0.25) is 4.43 Å². The fraction of sp³-hybridized carbons (Fsp3) is 1.00. The van der Waals surface area contributed by atoms with Crippen molar-refractivity contribution >= 4 is 8.80 Å². The first-order valence-corrected chi connectivity index (χ1v) is 5.78. The molecular weight excluding hydrogens is 205 g/mol. The summed E-state index contributed by atoms with van der Waals surface area (Å²) in [6, 6.07) is 0.0941. The van der Waals surface area contributed by atoms with Gasteiger partial charge in [0, 0.05) is 19.8 Å². The summed E-state index contributed by atoms with van der Waals surface area (Å²) in [5.41, 5.74) is 0. The lowest BCUT2D eigenvalue weighted by Gasteiger charge is -2.26. The van der Waals surface area contributed by atoms with Crippen LogP contribution in [0.2, 0.25) is 6.04 Å². The Morgan fingerprint density at radius 2 is 1.77 bits per heavy atom. The van der Waals surface area contributed by atoms with Crippen molar-refractivity contribution < 1.29 is 26.4 Å². The molecule has 0 N–H and O–H groups in total. The average Bonchev–Trinajstić information content (AvgIpc) is 2.01. The van der Waals surface area contributed by atoms with Crippen LogP contribution >= 0.6 is 0 Å². The molecule has 1 atom stereocenters. The van der Waals surface area contributed by atoms with Gasteiger partial charge < -0.3 is 8.85 Å². The molecule has 0 aliphatic heterocycles. The fourth-order valence-electron chi connectivity index (χ4n) is 0.845. The molecule has 80 valence electrons. The van der Waals surface area contributed by atoms with Gasteiger partial charge in [0.05, 0.1) is 0 Å². The highest BCUT2D eigenvalue weighted by molar-refractivity contribution is 6.60. The van der Waals surface area contributed by atoms with Crippen LogP contribution in [-0.4, -0.2) is 28.9 Å². The Morgan fingerprint density at radius 3 is 2.00 bits per heavy atom. The number of halogens is 3. The van der Waals surface area contributed by atoms with Crippen molar-refractivity contribution in [2.75, 3.05) is 13.7 Å². The third-order valence-electron chi connectivity index (χ3n) is 1.38. The van der Waals surface area contributed by atoms with E-state index in [9.17, 15) is 13.2 Å². The van der Waals surface area contributed by atoms with Crippen LogP contribution in [0.25, 0.3) is 0 Å². The summed E-state index contributed by atoms with van der Waals surface area (Å²) in [4.78, 5) is 0. The first-order chi connectivity index (χ1) is 5.89. The monoisotopic (exact) mass is 218 g/mol. The van der Waals surface area contributed by atoms with Crippen LogP contribution in [-0.2, 0) is 13.3 Å². The molecular formula is C6H13F3O3Si. The summed E-state index contributed by atoms with van der Waals surface area (Å²) in [7, 11) is -2.34. The summed E-state index contributed by atoms with van der Waals surface area (Å²) in [6.45, 7) is 3.28. The molecule has 0 bridgehead atoms. The largest absolute Gasteiger partial charge is 0.516 e. The Morgan fingerprint density at radius 1 is 1.23 bits per heavy atom. The molecule has 0 saturated heterocycles. The smallest absolute Gasteiger partial charge is 0.377 e. The van der Waals surface area contributed by atoms with Gasteiger partial charge >= 0.3 is 15.2 Å². The summed E-state index contributed by atoms with van der Waals surface area (Å²) >= 11 is 0. The van der Waals surface area contributed by atoms with E-state index in [2.05, 4.69) is 8.85 Å². The van der Waals surface area contributed by atoms with Gasteiger partial charge in [0.25, 0.3) is 0 Å². The van der Waals surface area contributed by atoms with Crippen LogP contribution in [0.15, 0.2) is 0 Å². The van der Waals surface area contributed by atoms with Crippen molar-refractivity contribution in [1.82, 2.24) is 0 Å². The SMILES string of the molecule is CCO[Si](CC)(OC)OC(F)(F)F. The minimum absolute atomic E-state index is 0.0941. The van der Waals surface area contributed by atoms with Crippen LogP contribution in [0.5, 0.6) is 0 Å². The van der Waals surface area contributed by atoms with Crippen molar-refractivity contribution in [1.29, 1.82) is 0 Å². The first-order valence-electron chi connectivity index (χ1n) is 3.85. The average molecular weight is 218 g/mol. The molecule has 0 rings (SSSR count). The van der Waals surface area contributed by atoms with Crippen LogP contribution < -0.4 is 0 Å². The standard InChI is InChI=1S/C6H13F3O3Si/c1-4-11-13(5-2,10-3)12-6(7,8)9/h4-5H2,1-3H3. The molecule has 1 unspecified atom stereocenters. The lowest BCUT2D eigenvalue weighted by Crippen LogP contribution is -2.48. The van der Waals surface area contributed by atoms with Gasteiger partial charge in [0.15, 0.2) is 0 Å². The highest BCUT2D eigenvalue weighted by Gasteiger charge is 2.48. The van der Waals surface area contributed by atoms with Crippen LogP contribution in [0.1, 0.15) is 13.8 Å². The maximum atomic E-state index is 11.9. The molecule has 0 aromatic heterocycles. The van der Waals surface area contributed by atoms with E-state index in [4.69, 9.17) is 4.43 Å². The first kappa shape index (κ1) is 12.9. The van der Waals surface area contributed by atoms with Gasteiger partial charge in [-0.2, -0.15) is 0 Å². The van der Waals surface area contributed by atoms with Crippen LogP contribution in [0.4, 0.5) is 13.2 Å². The van der Waals surface area contributed by atoms with Gasteiger partial charge in [0.1, 0.15) is 0 Å². The zero-order valence-corrected chi connectivity index (χ0v) is 8.77. The van der Waals surface area contributed by atoms with Gasteiger partial charge in [-0.15, -0.1) is 13.2 Å². The predicted molar refractivity (Wildman–Crippen MR) is 42.0 cm³/mol. The second-order valence-corrected chi connectivity index (χ2v) is 5.20. The van der Waals surface area contributed by atoms with Crippen molar-refractivity contribution in [3.8, 4) is 0 Å². The van der Waals surface area contributed by atoms with Crippen LogP contribution in [0, 0.1) is 0 Å². The molecule has 7 heteroatoms. The van der Waals surface area contributed by atoms with Crippen molar-refractivity contribution in [2.24, 2.45) is 0 Å². The maximum Gasteiger partial charge on any atom is 0.516 e. The Hall–Kier alpha value is -0.113. The normalized spacial score (nSPS) is 17.1. The van der Waals surface area contributed by atoms with E-state index in [1.165, 1.54) is 6.92 Å². The summed E-state index contributed by atoms with van der Waals surface area (Å²) in [6.07, 6.45) is -4.70. The zero-order chi connectivity index (χ0) is 10.5. The molecule has 0 aromatic rings. The molecule has 13 heavy (non-hydrogen) atoms. The van der Waals surface area contributed by atoms with E-state index in [-0.39, 0.29) is 12.7 Å². The Bertz CT molecular complexity index is 147. The van der Waals surface area contributed by atoms with E-state index in [0.29, 0.717) is 0 Å². The van der Waals surface area contributed by atoms with Crippen molar-refractivity contribution in [3.05, 3.63) is 0 Å². The highest BCUT2D eigenvalue weighted by atomic mass is 28.4. The van der Waals surface area contributed by atoms with E-state index in [0.717, 1.165) is 7.11 Å². The second-order valence-electron chi connectivity index (χ2n) is 2.22. The molecule has 0 amide bonds. The molecule has 0 saturated carbocycles. The Kier molecular flexibility index (Phi) is 4.90. The summed E-state index contributed by atoms with van der Waals surface area (Å²) < 4.78 is 49.1. The molecule has 0 fully saturated rings. The van der Waals surface area contributed by atoms with E-state index < -0.39 is 15.2 Å². The van der Waals surface area contributed by atoms with Gasteiger partial charge in [-0.1, -0.05) is 6.92 Å². The Labute approximate surface area is 76.2 Å². The third-order valence-corrected chi connectivity index (χ3v) is 4.14. The summed E-state index contributed by atoms with van der Waals surface area (Å²) in [5.74, 6) is 0. The Balaban J connectivity index is 4.38. The fourth-order valence-corrected chi connectivity index (χ4v) is 2.53. The summed E-state index contributed by atoms with van der Waals surface area (Å²) in [5, 5.41) is 0. The predicted octanol–water partition coefficient (Wildman–Crippen LogP) is 2.16. The maximum absolute atomic E-state index is 11.9. The molecule has 0 aliphatic rings. The molecule has 0 radical (unpaired) electrons. The number of alkyl halides is 3. The van der Waals surface area contributed by atoms with Crippen molar-refractivity contribution in [2.45, 2.75) is 26.3 Å². The van der Waals surface area contributed by atoms with Gasteiger partial charge in [-0.05, 0) is 6.92 Å². The zero-order valence-electron chi connectivity index (χ0n) is 7.77.